The third-order valence-corrected chi connectivity index (χ3v) is 1.03. The van der Waals surface area contributed by atoms with Gasteiger partial charge < -0.3 is 9.26 Å². The second-order valence-corrected chi connectivity index (χ2v) is 1.93. The minimum absolute atomic E-state index is 0.120. The van der Waals surface area contributed by atoms with E-state index < -0.39 is 0 Å². The fraction of sp³-hybridized carbons (Fsp3) is 0.600. The van der Waals surface area contributed by atoms with Gasteiger partial charge in [0.25, 0.3) is 11.2 Å². The molecule has 1 heterocycles. The van der Waals surface area contributed by atoms with E-state index in [0.29, 0.717) is 19.1 Å². The van der Waals surface area contributed by atoms with Crippen LogP contribution in [-0.2, 0) is 11.3 Å². The number of hydrogen-bond donors (Lipinski definition) is 0. The Morgan fingerprint density at radius 3 is 3.00 bits per heavy atom. The summed E-state index contributed by atoms with van der Waals surface area (Å²) in [6.45, 7) is 2.84. The zero-order chi connectivity index (χ0) is 7.40. The fourth-order valence-corrected chi connectivity index (χ4v) is 0.611. The van der Waals surface area contributed by atoms with Crippen molar-refractivity contribution in [2.75, 3.05) is 6.61 Å². The van der Waals surface area contributed by atoms with Gasteiger partial charge in [0.2, 0.25) is 0 Å². The molecule has 0 saturated carbocycles. The number of halogens is 1. The summed E-state index contributed by atoms with van der Waals surface area (Å²) in [5.74, 6) is 0.409. The zero-order valence-corrected chi connectivity index (χ0v) is 6.26. The summed E-state index contributed by atoms with van der Waals surface area (Å²) in [4.78, 5) is 3.71. The van der Waals surface area contributed by atoms with Crippen LogP contribution in [0.15, 0.2) is 4.52 Å². The van der Waals surface area contributed by atoms with Crippen LogP contribution in [0.25, 0.3) is 0 Å². The Morgan fingerprint density at radius 1 is 1.70 bits per heavy atom. The molecule has 0 amide bonds. The number of aromatic nitrogens is 2. The normalized spacial score (nSPS) is 10.2. The quantitative estimate of drug-likeness (QED) is 0.672. The summed E-state index contributed by atoms with van der Waals surface area (Å²) in [6.07, 6.45) is 0. The van der Waals surface area contributed by atoms with Crippen LogP contribution in [0.2, 0.25) is 5.28 Å². The van der Waals surface area contributed by atoms with Crippen LogP contribution in [0, 0.1) is 0 Å². The first-order valence-electron chi connectivity index (χ1n) is 2.88. The molecular formula is C5H7ClN2O2. The molecule has 1 aromatic rings. The van der Waals surface area contributed by atoms with Gasteiger partial charge in [-0.1, -0.05) is 0 Å². The van der Waals surface area contributed by atoms with Crippen molar-refractivity contribution < 1.29 is 9.26 Å². The predicted octanol–water partition coefficient (Wildman–Crippen LogP) is 1.26. The molecule has 0 radical (unpaired) electrons. The van der Waals surface area contributed by atoms with E-state index in [9.17, 15) is 0 Å². The van der Waals surface area contributed by atoms with Crippen LogP contribution < -0.4 is 0 Å². The molecule has 5 heteroatoms. The van der Waals surface area contributed by atoms with Crippen LogP contribution in [0.1, 0.15) is 12.8 Å². The molecule has 0 bridgehead atoms. The molecule has 0 spiro atoms. The molecule has 0 aliphatic rings. The van der Waals surface area contributed by atoms with E-state index in [-0.39, 0.29) is 5.28 Å². The van der Waals surface area contributed by atoms with Gasteiger partial charge in [-0.15, -0.1) is 0 Å². The highest BCUT2D eigenvalue weighted by Crippen LogP contribution is 2.02. The Balaban J connectivity index is 2.42. The van der Waals surface area contributed by atoms with Gasteiger partial charge in [-0.05, 0) is 23.7 Å². The Morgan fingerprint density at radius 2 is 2.50 bits per heavy atom. The fourth-order valence-electron chi connectivity index (χ4n) is 0.482. The molecule has 1 rings (SSSR count). The number of rotatable bonds is 3. The van der Waals surface area contributed by atoms with Crippen molar-refractivity contribution in [1.29, 1.82) is 0 Å². The van der Waals surface area contributed by atoms with E-state index in [1.807, 2.05) is 6.92 Å². The third-order valence-electron chi connectivity index (χ3n) is 0.873. The van der Waals surface area contributed by atoms with Crippen molar-refractivity contribution in [3.8, 4) is 0 Å². The van der Waals surface area contributed by atoms with E-state index in [1.54, 1.807) is 0 Å². The zero-order valence-electron chi connectivity index (χ0n) is 5.50. The van der Waals surface area contributed by atoms with Crippen LogP contribution >= 0.6 is 11.6 Å². The molecule has 0 aliphatic heterocycles. The Kier molecular flexibility index (Phi) is 2.65. The SMILES string of the molecule is CCOCc1nc(Cl)no1. The summed E-state index contributed by atoms with van der Waals surface area (Å²) in [6, 6.07) is 0. The smallest absolute Gasteiger partial charge is 0.263 e. The molecule has 0 fully saturated rings. The molecule has 0 N–H and O–H groups in total. The summed E-state index contributed by atoms with van der Waals surface area (Å²) in [7, 11) is 0. The van der Waals surface area contributed by atoms with Crippen molar-refractivity contribution in [3.63, 3.8) is 0 Å². The maximum absolute atomic E-state index is 5.37. The highest BCUT2D eigenvalue weighted by Gasteiger charge is 2.01. The Hall–Kier alpha value is -0.610. The van der Waals surface area contributed by atoms with Gasteiger partial charge in [-0.2, -0.15) is 4.98 Å². The van der Waals surface area contributed by atoms with Crippen molar-refractivity contribution in [2.24, 2.45) is 0 Å². The van der Waals surface area contributed by atoms with Crippen LogP contribution in [0.4, 0.5) is 0 Å². The van der Waals surface area contributed by atoms with Gasteiger partial charge in [-0.25, -0.2) is 0 Å². The van der Waals surface area contributed by atoms with E-state index >= 15 is 0 Å². The average molecular weight is 163 g/mol. The molecule has 0 atom stereocenters. The molecular weight excluding hydrogens is 156 g/mol. The first-order valence-corrected chi connectivity index (χ1v) is 3.26. The number of hydrogen-bond acceptors (Lipinski definition) is 4. The first kappa shape index (κ1) is 7.50. The second kappa shape index (κ2) is 3.53. The molecule has 0 saturated heterocycles. The molecule has 1 aromatic heterocycles. The van der Waals surface area contributed by atoms with Crippen molar-refractivity contribution >= 4 is 11.6 Å². The number of ether oxygens (including phenoxy) is 1. The van der Waals surface area contributed by atoms with Crippen LogP contribution in [0.5, 0.6) is 0 Å². The highest BCUT2D eigenvalue weighted by molar-refractivity contribution is 6.28. The molecule has 4 nitrogen and oxygen atoms in total. The monoisotopic (exact) mass is 162 g/mol. The van der Waals surface area contributed by atoms with Gasteiger partial charge in [0.15, 0.2) is 0 Å². The summed E-state index contributed by atoms with van der Waals surface area (Å²) >= 11 is 5.37. The van der Waals surface area contributed by atoms with Gasteiger partial charge in [0.05, 0.1) is 0 Å². The van der Waals surface area contributed by atoms with E-state index in [0.717, 1.165) is 0 Å². The van der Waals surface area contributed by atoms with Gasteiger partial charge >= 0.3 is 0 Å². The lowest BCUT2D eigenvalue weighted by molar-refractivity contribution is 0.109. The van der Waals surface area contributed by atoms with Crippen molar-refractivity contribution in [1.82, 2.24) is 10.1 Å². The molecule has 56 valence electrons. The van der Waals surface area contributed by atoms with Crippen molar-refractivity contribution in [3.05, 3.63) is 11.2 Å². The minimum Gasteiger partial charge on any atom is -0.372 e. The van der Waals surface area contributed by atoms with Crippen LogP contribution in [-0.4, -0.2) is 16.7 Å². The van der Waals surface area contributed by atoms with Gasteiger partial charge in [0, 0.05) is 6.61 Å². The summed E-state index contributed by atoms with van der Waals surface area (Å²) < 4.78 is 9.63. The number of nitrogens with zero attached hydrogens (tertiary/aromatic N) is 2. The topological polar surface area (TPSA) is 48.2 Å². The molecule has 0 unspecified atom stereocenters. The van der Waals surface area contributed by atoms with E-state index in [4.69, 9.17) is 16.3 Å². The maximum atomic E-state index is 5.37. The Bertz CT molecular complexity index is 201. The maximum Gasteiger partial charge on any atom is 0.263 e. The molecule has 0 aromatic carbocycles. The van der Waals surface area contributed by atoms with Crippen LogP contribution in [0.3, 0.4) is 0 Å². The largest absolute Gasteiger partial charge is 0.372 e. The summed E-state index contributed by atoms with van der Waals surface area (Å²) in [5, 5.41) is 3.49. The van der Waals surface area contributed by atoms with Gasteiger partial charge in [-0.3, -0.25) is 0 Å². The average Bonchev–Trinajstić information content (AvgIpc) is 2.31. The first-order chi connectivity index (χ1) is 4.83. The van der Waals surface area contributed by atoms with Crippen molar-refractivity contribution in [2.45, 2.75) is 13.5 Å². The second-order valence-electron chi connectivity index (χ2n) is 1.59. The lowest BCUT2D eigenvalue weighted by Crippen LogP contribution is -1.90. The van der Waals surface area contributed by atoms with E-state index in [2.05, 4.69) is 14.7 Å². The minimum atomic E-state index is 0.120. The Labute approximate surface area is 63.1 Å². The standard InChI is InChI=1S/C5H7ClN2O2/c1-2-9-3-4-7-5(6)8-10-4/h2-3H2,1H3. The lowest BCUT2D eigenvalue weighted by Gasteiger charge is -1.91. The third kappa shape index (κ3) is 1.97. The molecule has 10 heavy (non-hydrogen) atoms. The highest BCUT2D eigenvalue weighted by atomic mass is 35.5. The predicted molar refractivity (Wildman–Crippen MR) is 34.6 cm³/mol. The lowest BCUT2D eigenvalue weighted by atomic mass is 10.7. The molecule has 0 aliphatic carbocycles. The summed E-state index contributed by atoms with van der Waals surface area (Å²) in [5.41, 5.74) is 0. The van der Waals surface area contributed by atoms with Gasteiger partial charge in [0.1, 0.15) is 6.61 Å². The van der Waals surface area contributed by atoms with E-state index in [1.165, 1.54) is 0 Å².